The second-order valence-electron chi connectivity index (χ2n) is 4.31. The van der Waals surface area contributed by atoms with E-state index >= 15 is 0 Å². The van der Waals surface area contributed by atoms with E-state index in [-0.39, 0.29) is 17.4 Å². The SMILES string of the molecule is CC(C)NCc1cnoc1-c1c(F)cccc1F. The van der Waals surface area contributed by atoms with E-state index in [1.165, 1.54) is 24.4 Å². The second kappa shape index (κ2) is 5.27. The Morgan fingerprint density at radius 2 is 1.94 bits per heavy atom. The molecule has 1 N–H and O–H groups in total. The van der Waals surface area contributed by atoms with Gasteiger partial charge in [0.05, 0.1) is 11.8 Å². The number of halogens is 2. The molecule has 5 heteroatoms. The Labute approximate surface area is 104 Å². The first kappa shape index (κ1) is 12.7. The van der Waals surface area contributed by atoms with Crippen LogP contribution in [0.2, 0.25) is 0 Å². The van der Waals surface area contributed by atoms with Crippen molar-refractivity contribution in [2.75, 3.05) is 0 Å². The van der Waals surface area contributed by atoms with Crippen molar-refractivity contribution in [2.24, 2.45) is 0 Å². The predicted molar refractivity (Wildman–Crippen MR) is 63.8 cm³/mol. The van der Waals surface area contributed by atoms with E-state index in [9.17, 15) is 8.78 Å². The summed E-state index contributed by atoms with van der Waals surface area (Å²) in [6, 6.07) is 3.97. The van der Waals surface area contributed by atoms with Gasteiger partial charge in [-0.1, -0.05) is 25.1 Å². The van der Waals surface area contributed by atoms with Crippen molar-refractivity contribution in [3.05, 3.63) is 41.6 Å². The molecule has 0 fully saturated rings. The molecule has 0 bridgehead atoms. The summed E-state index contributed by atoms with van der Waals surface area (Å²) < 4.78 is 32.3. The third-order valence-corrected chi connectivity index (χ3v) is 2.53. The van der Waals surface area contributed by atoms with Crippen LogP contribution in [-0.4, -0.2) is 11.2 Å². The Balaban J connectivity index is 2.36. The molecule has 1 aromatic heterocycles. The summed E-state index contributed by atoms with van der Waals surface area (Å²) in [7, 11) is 0. The van der Waals surface area contributed by atoms with E-state index in [1.54, 1.807) is 0 Å². The highest BCUT2D eigenvalue weighted by molar-refractivity contribution is 5.62. The topological polar surface area (TPSA) is 38.1 Å². The summed E-state index contributed by atoms with van der Waals surface area (Å²) in [5.74, 6) is -1.17. The van der Waals surface area contributed by atoms with Crippen LogP contribution < -0.4 is 5.32 Å². The summed E-state index contributed by atoms with van der Waals surface area (Å²) in [5, 5.41) is 6.76. The highest BCUT2D eigenvalue weighted by Crippen LogP contribution is 2.28. The Hall–Kier alpha value is -1.75. The van der Waals surface area contributed by atoms with Crippen molar-refractivity contribution < 1.29 is 13.3 Å². The van der Waals surface area contributed by atoms with E-state index in [4.69, 9.17) is 4.52 Å². The molecular weight excluding hydrogens is 238 g/mol. The van der Waals surface area contributed by atoms with E-state index < -0.39 is 11.6 Å². The lowest BCUT2D eigenvalue weighted by atomic mass is 10.1. The molecule has 18 heavy (non-hydrogen) atoms. The minimum atomic E-state index is -0.655. The predicted octanol–water partition coefficient (Wildman–Crippen LogP) is 3.12. The summed E-state index contributed by atoms with van der Waals surface area (Å²) in [6.45, 7) is 4.41. The van der Waals surface area contributed by atoms with Crippen LogP contribution >= 0.6 is 0 Å². The van der Waals surface area contributed by atoms with Gasteiger partial charge in [0, 0.05) is 18.2 Å². The minimum Gasteiger partial charge on any atom is -0.356 e. The van der Waals surface area contributed by atoms with Gasteiger partial charge in [-0.2, -0.15) is 0 Å². The fourth-order valence-corrected chi connectivity index (χ4v) is 1.62. The maximum Gasteiger partial charge on any atom is 0.177 e. The number of aromatic nitrogens is 1. The third-order valence-electron chi connectivity index (χ3n) is 2.53. The number of hydrogen-bond donors (Lipinski definition) is 1. The van der Waals surface area contributed by atoms with E-state index in [0.29, 0.717) is 12.1 Å². The Bertz CT molecular complexity index is 517. The molecule has 0 saturated carbocycles. The van der Waals surface area contributed by atoms with Crippen LogP contribution in [0.4, 0.5) is 8.78 Å². The Kier molecular flexibility index (Phi) is 3.72. The molecule has 0 saturated heterocycles. The van der Waals surface area contributed by atoms with Crippen LogP contribution in [0.1, 0.15) is 19.4 Å². The summed E-state index contributed by atoms with van der Waals surface area (Å²) in [6.07, 6.45) is 1.47. The lowest BCUT2D eigenvalue weighted by molar-refractivity contribution is 0.425. The molecule has 96 valence electrons. The van der Waals surface area contributed by atoms with Gasteiger partial charge in [0.25, 0.3) is 0 Å². The zero-order valence-electron chi connectivity index (χ0n) is 10.2. The summed E-state index contributed by atoms with van der Waals surface area (Å²) in [5.41, 5.74) is 0.461. The monoisotopic (exact) mass is 252 g/mol. The molecule has 2 aromatic rings. The first-order valence-corrected chi connectivity index (χ1v) is 5.71. The van der Waals surface area contributed by atoms with Crippen molar-refractivity contribution in [3.8, 4) is 11.3 Å². The first-order chi connectivity index (χ1) is 8.59. The molecule has 0 amide bonds. The van der Waals surface area contributed by atoms with Gasteiger partial charge in [0.2, 0.25) is 0 Å². The van der Waals surface area contributed by atoms with Crippen molar-refractivity contribution in [2.45, 2.75) is 26.4 Å². The number of nitrogens with zero attached hydrogens (tertiary/aromatic N) is 1. The minimum absolute atomic E-state index is 0.138. The van der Waals surface area contributed by atoms with Gasteiger partial charge in [-0.3, -0.25) is 0 Å². The molecule has 3 nitrogen and oxygen atoms in total. The normalized spacial score (nSPS) is 11.2. The Morgan fingerprint density at radius 1 is 1.28 bits per heavy atom. The number of benzene rings is 1. The molecule has 1 aromatic carbocycles. The summed E-state index contributed by atoms with van der Waals surface area (Å²) >= 11 is 0. The Morgan fingerprint density at radius 3 is 2.56 bits per heavy atom. The quantitative estimate of drug-likeness (QED) is 0.908. The van der Waals surface area contributed by atoms with Gasteiger partial charge >= 0.3 is 0 Å². The maximum absolute atomic E-state index is 13.6. The molecule has 0 radical (unpaired) electrons. The highest BCUT2D eigenvalue weighted by atomic mass is 19.1. The van der Waals surface area contributed by atoms with Gasteiger partial charge in [0.1, 0.15) is 11.6 Å². The van der Waals surface area contributed by atoms with Crippen LogP contribution in [0, 0.1) is 11.6 Å². The van der Waals surface area contributed by atoms with Crippen LogP contribution in [0.5, 0.6) is 0 Å². The van der Waals surface area contributed by atoms with Gasteiger partial charge in [-0.15, -0.1) is 0 Å². The lowest BCUT2D eigenvalue weighted by Crippen LogP contribution is -2.21. The molecule has 0 spiro atoms. The molecule has 0 aliphatic heterocycles. The van der Waals surface area contributed by atoms with Gasteiger partial charge in [-0.05, 0) is 12.1 Å². The van der Waals surface area contributed by atoms with Crippen LogP contribution in [0.3, 0.4) is 0 Å². The average Bonchev–Trinajstić information content (AvgIpc) is 2.74. The molecule has 0 aliphatic carbocycles. The fourth-order valence-electron chi connectivity index (χ4n) is 1.62. The second-order valence-corrected chi connectivity index (χ2v) is 4.31. The standard InChI is InChI=1S/C13H14F2N2O/c1-8(2)16-6-9-7-17-18-13(9)12-10(14)4-3-5-11(12)15/h3-5,7-8,16H,6H2,1-2H3. The third kappa shape index (κ3) is 2.56. The number of nitrogens with one attached hydrogen (secondary N) is 1. The molecule has 2 rings (SSSR count). The zero-order valence-corrected chi connectivity index (χ0v) is 10.2. The van der Waals surface area contributed by atoms with Crippen LogP contribution in [0.15, 0.2) is 28.9 Å². The van der Waals surface area contributed by atoms with Crippen molar-refractivity contribution in [1.82, 2.24) is 10.5 Å². The van der Waals surface area contributed by atoms with E-state index in [2.05, 4.69) is 10.5 Å². The first-order valence-electron chi connectivity index (χ1n) is 5.71. The van der Waals surface area contributed by atoms with Crippen molar-refractivity contribution in [1.29, 1.82) is 0 Å². The lowest BCUT2D eigenvalue weighted by Gasteiger charge is -2.08. The van der Waals surface area contributed by atoms with E-state index in [1.807, 2.05) is 13.8 Å². The van der Waals surface area contributed by atoms with Gasteiger partial charge in [-0.25, -0.2) is 8.78 Å². The smallest absolute Gasteiger partial charge is 0.177 e. The number of hydrogen-bond acceptors (Lipinski definition) is 3. The van der Waals surface area contributed by atoms with Gasteiger partial charge < -0.3 is 9.84 Å². The fraction of sp³-hybridized carbons (Fsp3) is 0.308. The van der Waals surface area contributed by atoms with Crippen molar-refractivity contribution >= 4 is 0 Å². The molecule has 0 aliphatic rings. The molecule has 0 unspecified atom stereocenters. The highest BCUT2D eigenvalue weighted by Gasteiger charge is 2.19. The number of rotatable bonds is 4. The zero-order chi connectivity index (χ0) is 13.1. The largest absolute Gasteiger partial charge is 0.356 e. The molecule has 0 atom stereocenters. The van der Waals surface area contributed by atoms with E-state index in [0.717, 1.165) is 0 Å². The molecule has 1 heterocycles. The molecular formula is C13H14F2N2O. The van der Waals surface area contributed by atoms with Crippen molar-refractivity contribution in [3.63, 3.8) is 0 Å². The summed E-state index contributed by atoms with van der Waals surface area (Å²) in [4.78, 5) is 0. The maximum atomic E-state index is 13.6. The average molecular weight is 252 g/mol. The van der Waals surface area contributed by atoms with Crippen LogP contribution in [-0.2, 0) is 6.54 Å². The van der Waals surface area contributed by atoms with Gasteiger partial charge in [0.15, 0.2) is 5.76 Å². The van der Waals surface area contributed by atoms with Crippen LogP contribution in [0.25, 0.3) is 11.3 Å².